The van der Waals surface area contributed by atoms with E-state index in [4.69, 9.17) is 9.47 Å². The summed E-state index contributed by atoms with van der Waals surface area (Å²) in [5.41, 5.74) is 1.23. The zero-order valence-corrected chi connectivity index (χ0v) is 10.5. The molecule has 1 aromatic carbocycles. The Bertz CT molecular complexity index is 429. The zero-order chi connectivity index (χ0) is 12.5. The highest BCUT2D eigenvalue weighted by atomic mass is 16.5. The third kappa shape index (κ3) is 1.93. The van der Waals surface area contributed by atoms with Crippen molar-refractivity contribution in [2.45, 2.75) is 37.4 Å². The molecule has 0 unspecified atom stereocenters. The summed E-state index contributed by atoms with van der Waals surface area (Å²) in [6.07, 6.45) is 3.35. The number of hydrogen-bond donors (Lipinski definition) is 0. The highest BCUT2D eigenvalue weighted by Gasteiger charge is 2.47. The lowest BCUT2D eigenvalue weighted by Gasteiger charge is -2.35. The number of hydrogen-bond acceptors (Lipinski definition) is 3. The van der Waals surface area contributed by atoms with Gasteiger partial charge in [-0.1, -0.05) is 30.3 Å². The van der Waals surface area contributed by atoms with E-state index in [1.165, 1.54) is 12.7 Å². The van der Waals surface area contributed by atoms with Crippen LogP contribution in [0.2, 0.25) is 0 Å². The third-order valence-corrected chi connectivity index (χ3v) is 4.19. The maximum atomic E-state index is 12.0. The molecule has 18 heavy (non-hydrogen) atoms. The minimum atomic E-state index is -0.142. The van der Waals surface area contributed by atoms with Crippen LogP contribution < -0.4 is 0 Å². The fraction of sp³-hybridized carbons (Fsp3) is 0.533. The summed E-state index contributed by atoms with van der Waals surface area (Å²) in [6, 6.07) is 10.3. The minimum absolute atomic E-state index is 0.0430. The smallest absolute Gasteiger partial charge is 0.311 e. The van der Waals surface area contributed by atoms with Crippen molar-refractivity contribution < 1.29 is 14.3 Å². The average Bonchev–Trinajstić information content (AvgIpc) is 2.80. The van der Waals surface area contributed by atoms with Crippen LogP contribution in [0.25, 0.3) is 0 Å². The summed E-state index contributed by atoms with van der Waals surface area (Å²) in [7, 11) is 1.46. The molecule has 2 saturated heterocycles. The fourth-order valence-electron chi connectivity index (χ4n) is 3.36. The normalized spacial score (nSPS) is 34.3. The van der Waals surface area contributed by atoms with E-state index in [0.29, 0.717) is 6.10 Å². The average molecular weight is 246 g/mol. The van der Waals surface area contributed by atoms with Crippen LogP contribution in [0, 0.1) is 5.92 Å². The maximum Gasteiger partial charge on any atom is 0.311 e. The van der Waals surface area contributed by atoms with E-state index in [2.05, 4.69) is 12.1 Å². The third-order valence-electron chi connectivity index (χ3n) is 4.19. The molecule has 0 radical (unpaired) electrons. The topological polar surface area (TPSA) is 35.5 Å². The van der Waals surface area contributed by atoms with Crippen molar-refractivity contribution in [3.8, 4) is 0 Å². The van der Waals surface area contributed by atoms with E-state index < -0.39 is 0 Å². The van der Waals surface area contributed by atoms with Gasteiger partial charge in [-0.25, -0.2) is 0 Å². The van der Waals surface area contributed by atoms with Crippen molar-refractivity contribution in [2.75, 3.05) is 7.11 Å². The molecule has 0 aliphatic carbocycles. The van der Waals surface area contributed by atoms with Gasteiger partial charge in [-0.3, -0.25) is 4.79 Å². The fourth-order valence-corrected chi connectivity index (χ4v) is 3.36. The van der Waals surface area contributed by atoms with Gasteiger partial charge in [-0.05, 0) is 24.8 Å². The zero-order valence-electron chi connectivity index (χ0n) is 10.5. The van der Waals surface area contributed by atoms with Gasteiger partial charge in [0, 0.05) is 5.92 Å². The Labute approximate surface area is 107 Å². The number of esters is 1. The van der Waals surface area contributed by atoms with Crippen molar-refractivity contribution in [3.05, 3.63) is 35.9 Å². The summed E-state index contributed by atoms with van der Waals surface area (Å²) < 4.78 is 10.9. The van der Waals surface area contributed by atoms with Crippen LogP contribution in [0.5, 0.6) is 0 Å². The molecular formula is C15H18O3. The van der Waals surface area contributed by atoms with Gasteiger partial charge in [0.15, 0.2) is 0 Å². The Kier molecular flexibility index (Phi) is 3.08. The Morgan fingerprint density at radius 1 is 1.28 bits per heavy atom. The van der Waals surface area contributed by atoms with Crippen LogP contribution in [0.3, 0.4) is 0 Å². The van der Waals surface area contributed by atoms with E-state index in [1.807, 2.05) is 18.2 Å². The highest BCUT2D eigenvalue weighted by molar-refractivity contribution is 5.74. The molecule has 0 amide bonds. The van der Waals surface area contributed by atoms with Crippen molar-refractivity contribution >= 4 is 5.97 Å². The number of benzene rings is 1. The Morgan fingerprint density at radius 3 is 2.78 bits per heavy atom. The number of ether oxygens (including phenoxy) is 2. The molecule has 4 atom stereocenters. The van der Waals surface area contributed by atoms with E-state index in [9.17, 15) is 4.79 Å². The molecule has 96 valence electrons. The molecule has 3 nitrogen and oxygen atoms in total. The van der Waals surface area contributed by atoms with Gasteiger partial charge >= 0.3 is 5.97 Å². The van der Waals surface area contributed by atoms with Gasteiger partial charge in [-0.2, -0.15) is 0 Å². The van der Waals surface area contributed by atoms with Gasteiger partial charge in [0.05, 0.1) is 25.2 Å². The van der Waals surface area contributed by atoms with Crippen molar-refractivity contribution in [1.82, 2.24) is 0 Å². The Balaban J connectivity index is 1.93. The van der Waals surface area contributed by atoms with Crippen LogP contribution in [-0.4, -0.2) is 25.3 Å². The highest BCUT2D eigenvalue weighted by Crippen LogP contribution is 2.45. The van der Waals surface area contributed by atoms with Crippen LogP contribution >= 0.6 is 0 Å². The van der Waals surface area contributed by atoms with Crippen LogP contribution in [0.15, 0.2) is 30.3 Å². The minimum Gasteiger partial charge on any atom is -0.469 e. The number of fused-ring (bicyclic) bond motifs is 2. The Hall–Kier alpha value is -1.35. The van der Waals surface area contributed by atoms with Crippen molar-refractivity contribution in [1.29, 1.82) is 0 Å². The number of rotatable bonds is 2. The SMILES string of the molecule is COC(=O)[C@H]1[C@@H](c2ccccc2)C[C@@H]2CC[C@H]1O2. The van der Waals surface area contributed by atoms with E-state index >= 15 is 0 Å². The predicted molar refractivity (Wildman–Crippen MR) is 67.2 cm³/mol. The molecule has 0 aromatic heterocycles. The molecule has 1 aromatic rings. The van der Waals surface area contributed by atoms with Gasteiger partial charge in [0.25, 0.3) is 0 Å². The molecule has 2 heterocycles. The second-order valence-corrected chi connectivity index (χ2v) is 5.18. The first kappa shape index (κ1) is 11.7. The molecule has 2 aliphatic heterocycles. The maximum absolute atomic E-state index is 12.0. The van der Waals surface area contributed by atoms with Gasteiger partial charge in [0.1, 0.15) is 0 Å². The van der Waals surface area contributed by atoms with E-state index in [-0.39, 0.29) is 23.9 Å². The quantitative estimate of drug-likeness (QED) is 0.752. The Morgan fingerprint density at radius 2 is 2.06 bits per heavy atom. The summed E-state index contributed by atoms with van der Waals surface area (Å²) in [4.78, 5) is 12.0. The molecular weight excluding hydrogens is 228 g/mol. The van der Waals surface area contributed by atoms with Gasteiger partial charge in [0.2, 0.25) is 0 Å². The lowest BCUT2D eigenvalue weighted by atomic mass is 9.79. The largest absolute Gasteiger partial charge is 0.469 e. The van der Waals surface area contributed by atoms with E-state index in [0.717, 1.165) is 19.3 Å². The second-order valence-electron chi connectivity index (χ2n) is 5.18. The summed E-state index contributed by atoms with van der Waals surface area (Å²) >= 11 is 0. The second kappa shape index (κ2) is 4.73. The monoisotopic (exact) mass is 246 g/mol. The van der Waals surface area contributed by atoms with Crippen LogP contribution in [-0.2, 0) is 14.3 Å². The number of carbonyl (C=O) groups is 1. The lowest BCUT2D eigenvalue weighted by molar-refractivity contribution is -0.156. The molecule has 2 fully saturated rings. The first-order valence-electron chi connectivity index (χ1n) is 6.58. The van der Waals surface area contributed by atoms with E-state index in [1.54, 1.807) is 0 Å². The number of methoxy groups -OCH3 is 1. The molecule has 3 heteroatoms. The molecule has 2 aliphatic rings. The van der Waals surface area contributed by atoms with Gasteiger partial charge in [-0.15, -0.1) is 0 Å². The summed E-state index contributed by atoms with van der Waals surface area (Å²) in [5, 5.41) is 0. The number of carbonyl (C=O) groups excluding carboxylic acids is 1. The summed E-state index contributed by atoms with van der Waals surface area (Å²) in [5.74, 6) is -0.0322. The van der Waals surface area contributed by atoms with Crippen LogP contribution in [0.4, 0.5) is 0 Å². The van der Waals surface area contributed by atoms with Crippen molar-refractivity contribution in [2.24, 2.45) is 5.92 Å². The molecule has 0 saturated carbocycles. The molecule has 2 bridgehead atoms. The van der Waals surface area contributed by atoms with Gasteiger partial charge < -0.3 is 9.47 Å². The van der Waals surface area contributed by atoms with Crippen LogP contribution in [0.1, 0.15) is 30.7 Å². The molecule has 0 N–H and O–H groups in total. The van der Waals surface area contributed by atoms with Crippen molar-refractivity contribution in [3.63, 3.8) is 0 Å². The summed E-state index contributed by atoms with van der Waals surface area (Å²) in [6.45, 7) is 0. The first-order chi connectivity index (χ1) is 8.79. The molecule has 3 rings (SSSR count). The molecule has 0 spiro atoms. The lowest BCUT2D eigenvalue weighted by Crippen LogP contribution is -2.39. The standard InChI is InChI=1S/C15H18O3/c1-17-15(16)14-12(10-5-3-2-4-6-10)9-11-7-8-13(14)18-11/h2-6,11-14H,7-9H2,1H3/t11-,12+,13+,14-/m0/s1. The predicted octanol–water partition coefficient (Wildman–Crippen LogP) is 2.51. The first-order valence-corrected chi connectivity index (χ1v) is 6.58.